The highest BCUT2D eigenvalue weighted by Crippen LogP contribution is 2.28. The monoisotopic (exact) mass is 252 g/mol. The molecule has 1 atom stereocenters. The van der Waals surface area contributed by atoms with Gasteiger partial charge in [0.2, 0.25) is 0 Å². The molecule has 17 heavy (non-hydrogen) atoms. The second-order valence-electron chi connectivity index (χ2n) is 4.26. The van der Waals surface area contributed by atoms with Crippen molar-refractivity contribution in [3.05, 3.63) is 11.9 Å². The van der Waals surface area contributed by atoms with Crippen LogP contribution in [0.4, 0.5) is 11.6 Å². The maximum atomic E-state index is 4.48. The van der Waals surface area contributed by atoms with Crippen molar-refractivity contribution in [1.29, 1.82) is 0 Å². The van der Waals surface area contributed by atoms with Gasteiger partial charge >= 0.3 is 0 Å². The van der Waals surface area contributed by atoms with Gasteiger partial charge in [-0.15, -0.1) is 0 Å². The van der Waals surface area contributed by atoms with Crippen LogP contribution in [0.25, 0.3) is 0 Å². The molecule has 0 bridgehead atoms. The summed E-state index contributed by atoms with van der Waals surface area (Å²) in [6, 6.07) is 0. The van der Waals surface area contributed by atoms with E-state index in [9.17, 15) is 0 Å². The van der Waals surface area contributed by atoms with Gasteiger partial charge in [0.15, 0.2) is 0 Å². The molecule has 94 valence electrons. The lowest BCUT2D eigenvalue weighted by Gasteiger charge is -2.32. The summed E-state index contributed by atoms with van der Waals surface area (Å²) in [6.45, 7) is 6.60. The molecule has 0 amide bonds. The van der Waals surface area contributed by atoms with E-state index in [4.69, 9.17) is 0 Å². The summed E-state index contributed by atoms with van der Waals surface area (Å²) in [6.07, 6.45) is 2.62. The van der Waals surface area contributed by atoms with E-state index in [0.29, 0.717) is 5.25 Å². The molecule has 1 fully saturated rings. The Bertz CT molecular complexity index is 383. The molecule has 1 saturated heterocycles. The molecule has 1 aromatic rings. The average Bonchev–Trinajstić information content (AvgIpc) is 2.37. The van der Waals surface area contributed by atoms with Crippen LogP contribution < -0.4 is 10.2 Å². The highest BCUT2D eigenvalue weighted by atomic mass is 32.2. The molecule has 2 heterocycles. The van der Waals surface area contributed by atoms with Crippen LogP contribution in [0, 0.1) is 0 Å². The minimum Gasteiger partial charge on any atom is -0.373 e. The Morgan fingerprint density at radius 1 is 1.53 bits per heavy atom. The molecule has 5 heteroatoms. The van der Waals surface area contributed by atoms with Crippen LogP contribution in [0.1, 0.15) is 19.4 Å². The van der Waals surface area contributed by atoms with Crippen molar-refractivity contribution in [2.45, 2.75) is 25.5 Å². The Morgan fingerprint density at radius 3 is 3.00 bits per heavy atom. The molecule has 0 aliphatic carbocycles. The zero-order chi connectivity index (χ0) is 12.3. The van der Waals surface area contributed by atoms with Crippen molar-refractivity contribution in [3.63, 3.8) is 0 Å². The van der Waals surface area contributed by atoms with Gasteiger partial charge in [0.05, 0.1) is 0 Å². The fourth-order valence-corrected chi connectivity index (χ4v) is 3.24. The molecule has 1 aliphatic heterocycles. The van der Waals surface area contributed by atoms with Gasteiger partial charge in [0.25, 0.3) is 0 Å². The molecule has 1 unspecified atom stereocenters. The summed E-state index contributed by atoms with van der Waals surface area (Å²) in [5.74, 6) is 3.26. The fourth-order valence-electron chi connectivity index (χ4n) is 2.23. The van der Waals surface area contributed by atoms with Gasteiger partial charge in [-0.3, -0.25) is 0 Å². The molecule has 4 nitrogen and oxygen atoms in total. The van der Waals surface area contributed by atoms with Crippen LogP contribution in [0.2, 0.25) is 0 Å². The van der Waals surface area contributed by atoms with E-state index in [1.165, 1.54) is 11.3 Å². The summed E-state index contributed by atoms with van der Waals surface area (Å²) in [5.41, 5.74) is 1.23. The van der Waals surface area contributed by atoms with Crippen LogP contribution in [0.3, 0.4) is 0 Å². The Kier molecular flexibility index (Phi) is 4.10. The number of rotatable bonds is 3. The van der Waals surface area contributed by atoms with E-state index in [1.807, 2.05) is 18.8 Å². The number of thioether (sulfide) groups is 1. The number of hydrogen-bond acceptors (Lipinski definition) is 5. The number of nitrogens with zero attached hydrogens (tertiary/aromatic N) is 3. The number of aromatic nitrogens is 2. The third-order valence-electron chi connectivity index (χ3n) is 3.05. The first-order valence-corrected chi connectivity index (χ1v) is 7.19. The van der Waals surface area contributed by atoms with Crippen LogP contribution >= 0.6 is 11.8 Å². The van der Waals surface area contributed by atoms with Gasteiger partial charge < -0.3 is 10.2 Å². The van der Waals surface area contributed by atoms with Crippen LogP contribution in [0.15, 0.2) is 6.33 Å². The van der Waals surface area contributed by atoms with Crippen molar-refractivity contribution in [1.82, 2.24) is 9.97 Å². The molecular weight excluding hydrogens is 232 g/mol. The fraction of sp³-hybridized carbons (Fsp3) is 0.667. The van der Waals surface area contributed by atoms with Gasteiger partial charge in [-0.25, -0.2) is 9.97 Å². The maximum absolute atomic E-state index is 4.48. The highest BCUT2D eigenvalue weighted by Gasteiger charge is 2.21. The predicted octanol–water partition coefficient (Wildman–Crippen LogP) is 2.02. The standard InChI is InChI=1S/C12H20N4S/c1-4-10-11(13-3)14-8-15-12(10)16-5-6-17-9(2)7-16/h8-9H,4-7H2,1-3H3,(H,13,14,15). The zero-order valence-electron chi connectivity index (χ0n) is 10.7. The van der Waals surface area contributed by atoms with E-state index < -0.39 is 0 Å². The second-order valence-corrected chi connectivity index (χ2v) is 5.80. The maximum Gasteiger partial charge on any atom is 0.137 e. The normalized spacial score (nSPS) is 20.4. The van der Waals surface area contributed by atoms with Crippen molar-refractivity contribution >= 4 is 23.4 Å². The summed E-state index contributed by atoms with van der Waals surface area (Å²) < 4.78 is 0. The molecule has 0 aromatic carbocycles. The van der Waals surface area contributed by atoms with E-state index >= 15 is 0 Å². The van der Waals surface area contributed by atoms with E-state index in [0.717, 1.165) is 31.1 Å². The Morgan fingerprint density at radius 2 is 2.35 bits per heavy atom. The third kappa shape index (κ3) is 2.65. The third-order valence-corrected chi connectivity index (χ3v) is 4.19. The predicted molar refractivity (Wildman–Crippen MR) is 75.1 cm³/mol. The first kappa shape index (κ1) is 12.5. The number of hydrogen-bond donors (Lipinski definition) is 1. The van der Waals surface area contributed by atoms with Gasteiger partial charge in [-0.2, -0.15) is 11.8 Å². The molecule has 0 radical (unpaired) electrons. The lowest BCUT2D eigenvalue weighted by Crippen LogP contribution is -2.37. The van der Waals surface area contributed by atoms with E-state index in [1.54, 1.807) is 6.33 Å². The second kappa shape index (κ2) is 5.58. The summed E-state index contributed by atoms with van der Waals surface area (Å²) in [5, 5.41) is 3.84. The average molecular weight is 252 g/mol. The van der Waals surface area contributed by atoms with Crippen molar-refractivity contribution in [2.75, 3.05) is 36.1 Å². The Balaban J connectivity index is 2.30. The lowest BCUT2D eigenvalue weighted by molar-refractivity contribution is 0.761. The summed E-state index contributed by atoms with van der Waals surface area (Å²) in [4.78, 5) is 11.2. The molecule has 2 rings (SSSR count). The van der Waals surface area contributed by atoms with E-state index in [-0.39, 0.29) is 0 Å². The largest absolute Gasteiger partial charge is 0.373 e. The van der Waals surface area contributed by atoms with Crippen molar-refractivity contribution in [3.8, 4) is 0 Å². The van der Waals surface area contributed by atoms with Crippen molar-refractivity contribution < 1.29 is 0 Å². The molecule has 1 N–H and O–H groups in total. The van der Waals surface area contributed by atoms with Crippen LogP contribution in [0.5, 0.6) is 0 Å². The minimum absolute atomic E-state index is 0.682. The SMILES string of the molecule is CCc1c(NC)ncnc1N1CCSC(C)C1. The van der Waals surface area contributed by atoms with Crippen molar-refractivity contribution in [2.24, 2.45) is 0 Å². The summed E-state index contributed by atoms with van der Waals surface area (Å²) >= 11 is 2.04. The van der Waals surface area contributed by atoms with Gasteiger partial charge in [0.1, 0.15) is 18.0 Å². The van der Waals surface area contributed by atoms with Crippen LogP contribution in [-0.4, -0.2) is 41.1 Å². The molecular formula is C12H20N4S. The lowest BCUT2D eigenvalue weighted by atomic mass is 10.2. The Hall–Kier alpha value is -0.970. The first-order chi connectivity index (χ1) is 8.26. The quantitative estimate of drug-likeness (QED) is 0.891. The molecule has 0 saturated carbocycles. The van der Waals surface area contributed by atoms with E-state index in [2.05, 4.69) is 34.0 Å². The topological polar surface area (TPSA) is 41.1 Å². The zero-order valence-corrected chi connectivity index (χ0v) is 11.5. The van der Waals surface area contributed by atoms with Gasteiger partial charge in [-0.1, -0.05) is 13.8 Å². The first-order valence-electron chi connectivity index (χ1n) is 6.14. The minimum atomic E-state index is 0.682. The Labute approximate surface area is 107 Å². The highest BCUT2D eigenvalue weighted by molar-refractivity contribution is 8.00. The van der Waals surface area contributed by atoms with Gasteiger partial charge in [-0.05, 0) is 6.42 Å². The van der Waals surface area contributed by atoms with Gasteiger partial charge in [0, 0.05) is 36.7 Å². The molecule has 1 aliphatic rings. The molecule has 1 aromatic heterocycles. The number of nitrogens with one attached hydrogen (secondary N) is 1. The van der Waals surface area contributed by atoms with Crippen LogP contribution in [-0.2, 0) is 6.42 Å². The summed E-state index contributed by atoms with van der Waals surface area (Å²) in [7, 11) is 1.92. The number of anilines is 2. The smallest absolute Gasteiger partial charge is 0.137 e. The molecule has 0 spiro atoms.